The van der Waals surface area contributed by atoms with Gasteiger partial charge in [-0.15, -0.1) is 0 Å². The lowest BCUT2D eigenvalue weighted by atomic mass is 10.1. The first kappa shape index (κ1) is 18.8. The van der Waals surface area contributed by atoms with E-state index in [1.807, 2.05) is 6.07 Å². The summed E-state index contributed by atoms with van der Waals surface area (Å²) in [7, 11) is -4.22. The van der Waals surface area contributed by atoms with E-state index in [0.29, 0.717) is 18.3 Å². The smallest absolute Gasteiger partial charge is 0.264 e. The molecule has 0 amide bonds. The maximum Gasteiger partial charge on any atom is 0.264 e. The zero-order valence-electron chi connectivity index (χ0n) is 14.8. The summed E-state index contributed by atoms with van der Waals surface area (Å²) in [5.41, 5.74) is 2.35. The van der Waals surface area contributed by atoms with Crippen LogP contribution in [0.5, 0.6) is 0 Å². The van der Waals surface area contributed by atoms with Gasteiger partial charge in [0.05, 0.1) is 5.69 Å². The van der Waals surface area contributed by atoms with Crippen molar-refractivity contribution in [1.29, 1.82) is 0 Å². The van der Waals surface area contributed by atoms with E-state index >= 15 is 0 Å². The summed E-state index contributed by atoms with van der Waals surface area (Å²) >= 11 is 0. The molecule has 0 saturated carbocycles. The molecule has 0 bridgehead atoms. The first-order valence-corrected chi connectivity index (χ1v) is 10.1. The van der Waals surface area contributed by atoms with Gasteiger partial charge in [0.25, 0.3) is 10.0 Å². The summed E-state index contributed by atoms with van der Waals surface area (Å²) in [5, 5.41) is 0. The minimum absolute atomic E-state index is 0.387. The third kappa shape index (κ3) is 3.59. The first-order chi connectivity index (χ1) is 12.3. The number of halogens is 2. The van der Waals surface area contributed by atoms with Gasteiger partial charge in [0.2, 0.25) is 0 Å². The molecule has 0 aromatic heterocycles. The summed E-state index contributed by atoms with van der Waals surface area (Å²) in [6.07, 6.45) is 2.13. The first-order valence-electron chi connectivity index (χ1n) is 8.65. The Kier molecular flexibility index (Phi) is 5.29. The van der Waals surface area contributed by atoms with Crippen molar-refractivity contribution in [3.8, 4) is 0 Å². The Morgan fingerprint density at radius 3 is 2.62 bits per heavy atom. The second kappa shape index (κ2) is 7.32. The van der Waals surface area contributed by atoms with Crippen molar-refractivity contribution >= 4 is 15.7 Å². The maximum atomic E-state index is 13.9. The van der Waals surface area contributed by atoms with Gasteiger partial charge in [-0.05, 0) is 42.7 Å². The van der Waals surface area contributed by atoms with Crippen LogP contribution in [0.15, 0.2) is 41.3 Å². The Balaban J connectivity index is 1.89. The largest absolute Gasteiger partial charge is 0.292 e. The summed E-state index contributed by atoms with van der Waals surface area (Å²) in [5.74, 6) is -2.56. The highest BCUT2D eigenvalue weighted by Crippen LogP contribution is 2.33. The number of benzene rings is 2. The second-order valence-corrected chi connectivity index (χ2v) is 8.29. The van der Waals surface area contributed by atoms with Crippen LogP contribution in [0.2, 0.25) is 0 Å². The summed E-state index contributed by atoms with van der Waals surface area (Å²) in [6, 6.07) is 8.90. The molecule has 1 N–H and O–H groups in total. The summed E-state index contributed by atoms with van der Waals surface area (Å²) in [6.45, 7) is 5.66. The molecule has 0 aliphatic carbocycles. The molecule has 140 valence electrons. The van der Waals surface area contributed by atoms with E-state index < -0.39 is 26.6 Å². The summed E-state index contributed by atoms with van der Waals surface area (Å²) in [4.78, 5) is 1.60. The zero-order chi connectivity index (χ0) is 18.9. The zero-order valence-corrected chi connectivity index (χ0v) is 15.6. The number of anilines is 1. The van der Waals surface area contributed by atoms with Crippen molar-refractivity contribution in [3.05, 3.63) is 59.2 Å². The van der Waals surface area contributed by atoms with Crippen LogP contribution >= 0.6 is 0 Å². The van der Waals surface area contributed by atoms with Crippen LogP contribution in [0.4, 0.5) is 14.5 Å². The van der Waals surface area contributed by atoms with Crippen LogP contribution in [-0.2, 0) is 23.1 Å². The van der Waals surface area contributed by atoms with Crippen LogP contribution < -0.4 is 4.72 Å². The van der Waals surface area contributed by atoms with Crippen LogP contribution in [0.25, 0.3) is 0 Å². The Morgan fingerprint density at radius 2 is 1.88 bits per heavy atom. The lowest BCUT2D eigenvalue weighted by molar-refractivity contribution is 0.202. The van der Waals surface area contributed by atoms with E-state index in [-0.39, 0.29) is 0 Å². The third-order valence-corrected chi connectivity index (χ3v) is 6.17. The number of hydrogen-bond acceptors (Lipinski definition) is 3. The summed E-state index contributed by atoms with van der Waals surface area (Å²) < 4.78 is 54.9. The average molecular weight is 380 g/mol. The predicted molar refractivity (Wildman–Crippen MR) is 97.2 cm³/mol. The molecule has 3 rings (SSSR count). The van der Waals surface area contributed by atoms with E-state index in [4.69, 9.17) is 0 Å². The molecule has 4 nitrogen and oxygen atoms in total. The molecule has 0 radical (unpaired) electrons. The lowest BCUT2D eigenvalue weighted by Gasteiger charge is -2.23. The molecule has 0 saturated heterocycles. The van der Waals surface area contributed by atoms with Crippen molar-refractivity contribution in [1.82, 2.24) is 4.90 Å². The van der Waals surface area contributed by atoms with E-state index in [1.54, 1.807) is 12.1 Å². The number of nitrogens with zero attached hydrogens (tertiary/aromatic N) is 1. The fourth-order valence-electron chi connectivity index (χ4n) is 3.35. The van der Waals surface area contributed by atoms with Gasteiger partial charge in [0.15, 0.2) is 11.6 Å². The molecule has 26 heavy (non-hydrogen) atoms. The number of rotatable bonds is 6. The van der Waals surface area contributed by atoms with Gasteiger partial charge in [0, 0.05) is 19.1 Å². The van der Waals surface area contributed by atoms with Crippen LogP contribution in [0.3, 0.4) is 0 Å². The quantitative estimate of drug-likeness (QED) is 0.814. The van der Waals surface area contributed by atoms with Gasteiger partial charge in [-0.25, -0.2) is 17.2 Å². The molecule has 1 aliphatic heterocycles. The van der Waals surface area contributed by atoms with E-state index in [1.165, 1.54) is 6.07 Å². The molecule has 0 fully saturated rings. The molecule has 7 heteroatoms. The van der Waals surface area contributed by atoms with Crippen LogP contribution in [0.1, 0.15) is 37.8 Å². The SMILES string of the molecule is CCCC(C)N1Cc2cccc(NS(=O)(=O)c3cccc(F)c3F)c2C1. The van der Waals surface area contributed by atoms with Crippen LogP contribution in [-0.4, -0.2) is 19.4 Å². The minimum atomic E-state index is -4.22. The van der Waals surface area contributed by atoms with Crippen molar-refractivity contribution in [3.63, 3.8) is 0 Å². The molecule has 1 unspecified atom stereocenters. The van der Waals surface area contributed by atoms with Gasteiger partial charge >= 0.3 is 0 Å². The van der Waals surface area contributed by atoms with Crippen LogP contribution in [0, 0.1) is 11.6 Å². The van der Waals surface area contributed by atoms with E-state index in [9.17, 15) is 17.2 Å². The highest BCUT2D eigenvalue weighted by atomic mass is 32.2. The number of hydrogen-bond donors (Lipinski definition) is 1. The van der Waals surface area contributed by atoms with Gasteiger partial charge in [-0.3, -0.25) is 9.62 Å². The molecular weight excluding hydrogens is 358 g/mol. The van der Waals surface area contributed by atoms with Gasteiger partial charge in [-0.2, -0.15) is 0 Å². The standard InChI is InChI=1S/C19H22F2N2O2S/c1-3-6-13(2)23-11-14-7-4-9-17(15(14)12-23)22-26(24,25)18-10-5-8-16(20)19(18)21/h4-5,7-10,13,22H,3,6,11-12H2,1-2H3. The minimum Gasteiger partial charge on any atom is -0.292 e. The highest BCUT2D eigenvalue weighted by molar-refractivity contribution is 7.92. The molecule has 1 atom stereocenters. The Morgan fingerprint density at radius 1 is 1.15 bits per heavy atom. The van der Waals surface area contributed by atoms with Crippen molar-refractivity contribution in [2.75, 3.05) is 4.72 Å². The number of nitrogens with one attached hydrogen (secondary N) is 1. The maximum absolute atomic E-state index is 13.9. The average Bonchev–Trinajstić information content (AvgIpc) is 3.02. The van der Waals surface area contributed by atoms with Crippen molar-refractivity contribution in [2.45, 2.75) is 50.7 Å². The molecule has 2 aromatic rings. The monoisotopic (exact) mass is 380 g/mol. The lowest BCUT2D eigenvalue weighted by Crippen LogP contribution is -2.27. The fraction of sp³-hybridized carbons (Fsp3) is 0.368. The fourth-order valence-corrected chi connectivity index (χ4v) is 4.53. The van der Waals surface area contributed by atoms with Gasteiger partial charge in [0.1, 0.15) is 4.90 Å². The Labute approximate surface area is 152 Å². The Bertz CT molecular complexity index is 916. The molecule has 0 spiro atoms. The highest BCUT2D eigenvalue weighted by Gasteiger charge is 2.28. The van der Waals surface area contributed by atoms with Crippen molar-refractivity contribution < 1.29 is 17.2 Å². The van der Waals surface area contributed by atoms with Gasteiger partial charge < -0.3 is 0 Å². The normalized spacial score (nSPS) is 15.7. The van der Waals surface area contributed by atoms with Gasteiger partial charge in [-0.1, -0.05) is 31.5 Å². The molecule has 1 aliphatic rings. The topological polar surface area (TPSA) is 49.4 Å². The predicted octanol–water partition coefficient (Wildman–Crippen LogP) is 4.27. The Hall–Kier alpha value is -1.99. The molecular formula is C19H22F2N2O2S. The van der Waals surface area contributed by atoms with Crippen molar-refractivity contribution in [2.24, 2.45) is 0 Å². The molecule has 2 aromatic carbocycles. The number of sulfonamides is 1. The second-order valence-electron chi connectivity index (χ2n) is 6.64. The van der Waals surface area contributed by atoms with E-state index in [0.717, 1.165) is 42.6 Å². The molecule has 1 heterocycles. The number of fused-ring (bicyclic) bond motifs is 1. The van der Waals surface area contributed by atoms with E-state index in [2.05, 4.69) is 23.5 Å². The third-order valence-electron chi connectivity index (χ3n) is 4.79.